The van der Waals surface area contributed by atoms with Crippen molar-refractivity contribution in [1.82, 2.24) is 11.1 Å². The fourth-order valence-electron chi connectivity index (χ4n) is 1.51. The third kappa shape index (κ3) is 3.37. The van der Waals surface area contributed by atoms with Crippen LogP contribution >= 0.6 is 0 Å². The van der Waals surface area contributed by atoms with Crippen LogP contribution in [0.15, 0.2) is 0 Å². The normalized spacial score (nSPS) is 20.0. The molecular weight excluding hydrogens is 140 g/mol. The third-order valence-electron chi connectivity index (χ3n) is 2.24. The summed E-state index contributed by atoms with van der Waals surface area (Å²) in [5.74, 6) is 0.272. The maximum atomic E-state index is 10.3. The van der Waals surface area contributed by atoms with E-state index in [2.05, 4.69) is 5.32 Å². The number of carbonyl (C=O) groups is 1. The van der Waals surface area contributed by atoms with E-state index in [9.17, 15) is 4.79 Å². The van der Waals surface area contributed by atoms with E-state index in [-0.39, 0.29) is 0 Å². The molecule has 1 heterocycles. The van der Waals surface area contributed by atoms with Crippen molar-refractivity contribution in [3.8, 4) is 0 Å². The van der Waals surface area contributed by atoms with Gasteiger partial charge in [-0.2, -0.15) is 0 Å². The second-order valence-corrected chi connectivity index (χ2v) is 3.16. The van der Waals surface area contributed by atoms with Crippen molar-refractivity contribution in [3.63, 3.8) is 0 Å². The molecule has 0 unspecified atom stereocenters. The summed E-state index contributed by atoms with van der Waals surface area (Å²) in [5, 5.41) is 3.27. The molecule has 0 aromatic carbocycles. The van der Waals surface area contributed by atoms with Crippen molar-refractivity contribution in [2.45, 2.75) is 25.7 Å². The Morgan fingerprint density at radius 3 is 2.64 bits per heavy atom. The van der Waals surface area contributed by atoms with E-state index < -0.39 is 5.91 Å². The number of hydrogen-bond acceptors (Lipinski definition) is 2. The molecule has 1 aliphatic heterocycles. The molecule has 0 aromatic heterocycles. The van der Waals surface area contributed by atoms with E-state index in [0.717, 1.165) is 19.5 Å². The zero-order valence-electron chi connectivity index (χ0n) is 6.73. The van der Waals surface area contributed by atoms with Crippen LogP contribution in [0.2, 0.25) is 0 Å². The van der Waals surface area contributed by atoms with Gasteiger partial charge in [0.25, 0.3) is 0 Å². The van der Waals surface area contributed by atoms with Gasteiger partial charge in [-0.15, -0.1) is 0 Å². The Kier molecular flexibility index (Phi) is 3.36. The summed E-state index contributed by atoms with van der Waals surface area (Å²) in [6.45, 7) is 2.16. The van der Waals surface area contributed by atoms with Gasteiger partial charge in [0.05, 0.1) is 0 Å². The predicted molar refractivity (Wildman–Crippen MR) is 42.9 cm³/mol. The molecule has 2 N–H and O–H groups in total. The molecule has 0 bridgehead atoms. The number of rotatable bonds is 3. The molecule has 11 heavy (non-hydrogen) atoms. The zero-order chi connectivity index (χ0) is 8.10. The first kappa shape index (κ1) is 8.53. The summed E-state index contributed by atoms with van der Waals surface area (Å²) < 4.78 is 0. The molecule has 1 aliphatic rings. The maximum absolute atomic E-state index is 10.3. The van der Waals surface area contributed by atoms with Crippen LogP contribution in [0.1, 0.15) is 25.7 Å². The largest absolute Gasteiger partial charge is 0.317 e. The summed E-state index contributed by atoms with van der Waals surface area (Å²) in [6, 6.07) is 0. The Bertz CT molecular complexity index is 130. The van der Waals surface area contributed by atoms with E-state index in [1.807, 2.05) is 0 Å². The van der Waals surface area contributed by atoms with E-state index in [4.69, 9.17) is 5.73 Å². The summed E-state index contributed by atoms with van der Waals surface area (Å²) in [5.41, 5.74) is 6.74. The van der Waals surface area contributed by atoms with Crippen LogP contribution in [-0.4, -0.2) is 19.0 Å². The molecule has 1 rings (SSSR count). The standard InChI is InChI=1S/C8H15N2O/c9-8(11)2-1-7-3-5-10-6-4-7/h7,9-10H,1-6H2. The number of carbonyl (C=O) groups excluding carboxylic acids is 1. The number of nitrogens with one attached hydrogen (secondary N) is 2. The fourth-order valence-corrected chi connectivity index (χ4v) is 1.51. The van der Waals surface area contributed by atoms with Gasteiger partial charge in [0.2, 0.25) is 5.91 Å². The third-order valence-corrected chi connectivity index (χ3v) is 2.24. The molecule has 0 spiro atoms. The smallest absolute Gasteiger partial charge is 0.238 e. The molecule has 1 radical (unpaired) electrons. The summed E-state index contributed by atoms with van der Waals surface area (Å²) in [4.78, 5) is 10.3. The van der Waals surface area contributed by atoms with Gasteiger partial charge >= 0.3 is 0 Å². The Morgan fingerprint density at radius 1 is 1.45 bits per heavy atom. The van der Waals surface area contributed by atoms with Crippen molar-refractivity contribution in [2.75, 3.05) is 13.1 Å². The predicted octanol–water partition coefficient (Wildman–Crippen LogP) is 0.576. The Hall–Kier alpha value is -0.570. The number of hydrogen-bond donors (Lipinski definition) is 1. The van der Waals surface area contributed by atoms with Crippen molar-refractivity contribution in [1.29, 1.82) is 0 Å². The molecule has 1 fully saturated rings. The molecule has 0 atom stereocenters. The number of amides is 1. The summed E-state index contributed by atoms with van der Waals surface area (Å²) in [7, 11) is 0. The lowest BCUT2D eigenvalue weighted by molar-refractivity contribution is -0.118. The van der Waals surface area contributed by atoms with Crippen molar-refractivity contribution in [3.05, 3.63) is 0 Å². The molecule has 63 valence electrons. The van der Waals surface area contributed by atoms with E-state index in [1.54, 1.807) is 0 Å². The van der Waals surface area contributed by atoms with Crippen LogP contribution in [-0.2, 0) is 4.79 Å². The Morgan fingerprint density at radius 2 is 2.09 bits per heavy atom. The lowest BCUT2D eigenvalue weighted by Gasteiger charge is -2.21. The topological polar surface area (TPSA) is 52.9 Å². The average molecular weight is 155 g/mol. The molecule has 0 saturated carbocycles. The van der Waals surface area contributed by atoms with Crippen molar-refractivity contribution in [2.24, 2.45) is 5.92 Å². The number of piperidine rings is 1. The molecule has 1 saturated heterocycles. The highest BCUT2D eigenvalue weighted by Gasteiger charge is 2.13. The molecular formula is C8H15N2O. The van der Waals surface area contributed by atoms with Gasteiger partial charge < -0.3 is 5.32 Å². The van der Waals surface area contributed by atoms with Gasteiger partial charge in [-0.25, -0.2) is 0 Å². The van der Waals surface area contributed by atoms with Crippen LogP contribution in [0, 0.1) is 5.92 Å². The molecule has 0 aliphatic carbocycles. The minimum atomic E-state index is -0.413. The van der Waals surface area contributed by atoms with Crippen LogP contribution in [0.25, 0.3) is 0 Å². The summed E-state index contributed by atoms with van der Waals surface area (Å²) >= 11 is 0. The minimum absolute atomic E-state index is 0.413. The lowest BCUT2D eigenvalue weighted by Crippen LogP contribution is -2.28. The lowest BCUT2D eigenvalue weighted by atomic mass is 9.93. The zero-order valence-corrected chi connectivity index (χ0v) is 6.73. The maximum Gasteiger partial charge on any atom is 0.238 e. The SMILES string of the molecule is [NH]C(=O)CCC1CCNCC1. The highest BCUT2D eigenvalue weighted by molar-refractivity contribution is 5.72. The summed E-state index contributed by atoms with van der Waals surface area (Å²) in [6.07, 6.45) is 3.72. The van der Waals surface area contributed by atoms with E-state index in [1.165, 1.54) is 12.8 Å². The van der Waals surface area contributed by atoms with Crippen LogP contribution in [0.5, 0.6) is 0 Å². The van der Waals surface area contributed by atoms with Gasteiger partial charge in [-0.05, 0) is 38.3 Å². The van der Waals surface area contributed by atoms with E-state index >= 15 is 0 Å². The van der Waals surface area contributed by atoms with Crippen molar-refractivity contribution < 1.29 is 4.79 Å². The Balaban J connectivity index is 2.09. The molecule has 1 amide bonds. The van der Waals surface area contributed by atoms with Gasteiger partial charge in [0, 0.05) is 6.42 Å². The monoisotopic (exact) mass is 155 g/mol. The molecule has 3 nitrogen and oxygen atoms in total. The second kappa shape index (κ2) is 4.34. The first-order valence-corrected chi connectivity index (χ1v) is 4.24. The first-order valence-electron chi connectivity index (χ1n) is 4.24. The highest BCUT2D eigenvalue weighted by atomic mass is 16.1. The molecule has 3 heteroatoms. The minimum Gasteiger partial charge on any atom is -0.317 e. The second-order valence-electron chi connectivity index (χ2n) is 3.16. The van der Waals surface area contributed by atoms with Crippen LogP contribution in [0.4, 0.5) is 0 Å². The van der Waals surface area contributed by atoms with Gasteiger partial charge in [0.15, 0.2) is 0 Å². The first-order chi connectivity index (χ1) is 5.29. The van der Waals surface area contributed by atoms with Gasteiger partial charge in [-0.3, -0.25) is 10.5 Å². The quantitative estimate of drug-likeness (QED) is 0.648. The fraction of sp³-hybridized carbons (Fsp3) is 0.875. The van der Waals surface area contributed by atoms with Gasteiger partial charge in [0.1, 0.15) is 0 Å². The molecule has 0 aromatic rings. The van der Waals surface area contributed by atoms with Crippen LogP contribution in [0.3, 0.4) is 0 Å². The van der Waals surface area contributed by atoms with E-state index in [0.29, 0.717) is 12.3 Å². The van der Waals surface area contributed by atoms with Crippen LogP contribution < -0.4 is 11.1 Å². The Labute approximate surface area is 67.3 Å². The van der Waals surface area contributed by atoms with Crippen molar-refractivity contribution >= 4 is 5.91 Å². The van der Waals surface area contributed by atoms with Gasteiger partial charge in [-0.1, -0.05) is 0 Å². The average Bonchev–Trinajstić information content (AvgIpc) is 2.03. The highest BCUT2D eigenvalue weighted by Crippen LogP contribution is 2.17.